The fourth-order valence-corrected chi connectivity index (χ4v) is 6.29. The van der Waals surface area contributed by atoms with E-state index >= 15 is 0 Å². The Bertz CT molecular complexity index is 985. The normalized spacial score (nSPS) is 22.9. The zero-order valence-corrected chi connectivity index (χ0v) is 20.3. The fourth-order valence-electron chi connectivity index (χ4n) is 6.29. The molecule has 5 nitrogen and oxygen atoms in total. The van der Waals surface area contributed by atoms with Gasteiger partial charge >= 0.3 is 0 Å². The summed E-state index contributed by atoms with van der Waals surface area (Å²) >= 11 is 0. The molecule has 0 radical (unpaired) electrons. The van der Waals surface area contributed by atoms with E-state index in [1.807, 2.05) is 0 Å². The van der Waals surface area contributed by atoms with Crippen molar-refractivity contribution in [3.8, 4) is 0 Å². The van der Waals surface area contributed by atoms with Gasteiger partial charge < -0.3 is 9.67 Å². The summed E-state index contributed by atoms with van der Waals surface area (Å²) in [7, 11) is 0. The minimum absolute atomic E-state index is 0.0485. The number of carbonyl (C=O) groups excluding carboxylic acids is 1. The van der Waals surface area contributed by atoms with Crippen LogP contribution in [0, 0.1) is 11.8 Å². The van der Waals surface area contributed by atoms with Crippen molar-refractivity contribution in [1.82, 2.24) is 14.8 Å². The van der Waals surface area contributed by atoms with Crippen molar-refractivity contribution >= 4 is 5.78 Å². The first-order chi connectivity index (χ1) is 16.0. The first-order valence-electron chi connectivity index (χ1n) is 13.2. The second-order valence-electron chi connectivity index (χ2n) is 11.2. The highest BCUT2D eigenvalue weighted by Gasteiger charge is 2.39. The van der Waals surface area contributed by atoms with E-state index in [-0.39, 0.29) is 18.3 Å². The molecule has 2 fully saturated rings. The van der Waals surface area contributed by atoms with Crippen LogP contribution in [0.2, 0.25) is 0 Å². The van der Waals surface area contributed by atoms with Gasteiger partial charge in [-0.15, -0.1) is 10.2 Å². The van der Waals surface area contributed by atoms with Crippen LogP contribution in [0.3, 0.4) is 0 Å². The Balaban J connectivity index is 1.31. The number of aliphatic hydroxyl groups excluding tert-OH is 1. The Labute approximate surface area is 198 Å². The van der Waals surface area contributed by atoms with E-state index < -0.39 is 0 Å². The molecule has 0 spiro atoms. The average Bonchev–Trinajstić information content (AvgIpc) is 3.30. The molecule has 1 atom stereocenters. The highest BCUT2D eigenvalue weighted by atomic mass is 16.3. The maximum atomic E-state index is 13.2. The fraction of sp³-hybridized carbons (Fsp3) is 0.679. The maximum absolute atomic E-state index is 13.2. The molecule has 1 heterocycles. The average molecular weight is 450 g/mol. The summed E-state index contributed by atoms with van der Waals surface area (Å²) in [6, 6.07) is 6.91. The number of hydrogen-bond acceptors (Lipinski definition) is 4. The van der Waals surface area contributed by atoms with Gasteiger partial charge in [-0.3, -0.25) is 4.79 Å². The minimum atomic E-state index is -0.0485. The highest BCUT2D eigenvalue weighted by Crippen LogP contribution is 2.48. The van der Waals surface area contributed by atoms with Gasteiger partial charge in [-0.25, -0.2) is 0 Å². The molecule has 0 saturated heterocycles. The van der Waals surface area contributed by atoms with Crippen molar-refractivity contribution in [2.45, 2.75) is 102 Å². The Hall–Kier alpha value is -2.01. The Morgan fingerprint density at radius 2 is 2.00 bits per heavy atom. The largest absolute Gasteiger partial charge is 0.396 e. The zero-order chi connectivity index (χ0) is 22.9. The minimum Gasteiger partial charge on any atom is -0.396 e. The number of Topliss-reactive ketones (excluding diaryl/α,β-unsaturated/α-hetero) is 1. The predicted octanol–water partition coefficient (Wildman–Crippen LogP) is 5.31. The van der Waals surface area contributed by atoms with Crippen molar-refractivity contribution in [3.05, 3.63) is 46.5 Å². The summed E-state index contributed by atoms with van der Waals surface area (Å²) in [5, 5.41) is 19.1. The molecule has 5 heteroatoms. The van der Waals surface area contributed by atoms with E-state index in [1.54, 1.807) is 0 Å². The van der Waals surface area contributed by atoms with Crippen LogP contribution in [0.4, 0.5) is 0 Å². The number of aliphatic hydroxyl groups is 1. The third-order valence-corrected chi connectivity index (χ3v) is 8.01. The molecule has 1 aromatic heterocycles. The summed E-state index contributed by atoms with van der Waals surface area (Å²) in [5.74, 6) is 4.36. The Kier molecular flexibility index (Phi) is 6.69. The number of benzene rings is 1. The van der Waals surface area contributed by atoms with E-state index in [1.165, 1.54) is 55.2 Å². The number of aromatic nitrogens is 3. The smallest absolute Gasteiger partial charge is 0.138 e. The van der Waals surface area contributed by atoms with Crippen LogP contribution < -0.4 is 0 Å². The molecule has 1 N–H and O–H groups in total. The maximum Gasteiger partial charge on any atom is 0.138 e. The second kappa shape index (κ2) is 9.69. The van der Waals surface area contributed by atoms with Crippen LogP contribution in [0.5, 0.6) is 0 Å². The Morgan fingerprint density at radius 3 is 2.73 bits per heavy atom. The van der Waals surface area contributed by atoms with E-state index in [2.05, 4.69) is 46.8 Å². The molecule has 2 aromatic rings. The molecule has 0 amide bonds. The van der Waals surface area contributed by atoms with Crippen LogP contribution in [0.25, 0.3) is 0 Å². The third-order valence-electron chi connectivity index (χ3n) is 8.01. The molecular weight excluding hydrogens is 410 g/mol. The number of nitrogens with zero attached hydrogens (tertiary/aromatic N) is 3. The van der Waals surface area contributed by atoms with E-state index in [0.717, 1.165) is 36.3 Å². The van der Waals surface area contributed by atoms with Crippen LogP contribution in [-0.2, 0) is 24.1 Å². The van der Waals surface area contributed by atoms with Crippen LogP contribution >= 0.6 is 0 Å². The highest BCUT2D eigenvalue weighted by molar-refractivity contribution is 5.82. The summed E-state index contributed by atoms with van der Waals surface area (Å²) in [5.41, 5.74) is 4.02. The van der Waals surface area contributed by atoms with Crippen LogP contribution in [0.1, 0.15) is 111 Å². The predicted molar refractivity (Wildman–Crippen MR) is 129 cm³/mol. The molecule has 3 aliphatic rings. The zero-order valence-electron chi connectivity index (χ0n) is 20.3. The van der Waals surface area contributed by atoms with Crippen LogP contribution in [0.15, 0.2) is 18.2 Å². The van der Waals surface area contributed by atoms with Gasteiger partial charge in [0.05, 0.1) is 0 Å². The lowest BCUT2D eigenvalue weighted by molar-refractivity contribution is -0.118. The molecule has 1 aromatic carbocycles. The van der Waals surface area contributed by atoms with Crippen molar-refractivity contribution in [3.63, 3.8) is 0 Å². The first kappa shape index (κ1) is 22.8. The number of aryl methyl sites for hydroxylation is 1. The monoisotopic (exact) mass is 449 g/mol. The van der Waals surface area contributed by atoms with Gasteiger partial charge in [0.25, 0.3) is 0 Å². The molecule has 178 valence electrons. The molecule has 2 saturated carbocycles. The Morgan fingerprint density at radius 1 is 1.18 bits per heavy atom. The van der Waals surface area contributed by atoms with Crippen molar-refractivity contribution < 1.29 is 9.90 Å². The van der Waals surface area contributed by atoms with Gasteiger partial charge in [0.2, 0.25) is 0 Å². The lowest BCUT2D eigenvalue weighted by Gasteiger charge is -2.36. The van der Waals surface area contributed by atoms with Gasteiger partial charge in [0, 0.05) is 37.3 Å². The van der Waals surface area contributed by atoms with Gasteiger partial charge in [-0.2, -0.15) is 0 Å². The molecule has 5 rings (SSSR count). The van der Waals surface area contributed by atoms with Gasteiger partial charge in [0.1, 0.15) is 17.4 Å². The summed E-state index contributed by atoms with van der Waals surface area (Å²) < 4.78 is 2.38. The van der Waals surface area contributed by atoms with Crippen molar-refractivity contribution in [1.29, 1.82) is 0 Å². The van der Waals surface area contributed by atoms with Crippen molar-refractivity contribution in [2.75, 3.05) is 6.61 Å². The SMILES string of the molecule is CC(C)CC1CC(c2nnc([C@@H](CCO)CC(=O)Cc3cccc4c3CCC4)n2C2CC2)C1. The first-order valence-corrected chi connectivity index (χ1v) is 13.2. The van der Waals surface area contributed by atoms with Crippen molar-refractivity contribution in [2.24, 2.45) is 11.8 Å². The van der Waals surface area contributed by atoms with E-state index in [9.17, 15) is 9.90 Å². The molecule has 0 aliphatic heterocycles. The molecule has 0 unspecified atom stereocenters. The number of fused-ring (bicyclic) bond motifs is 1. The van der Waals surface area contributed by atoms with Crippen LogP contribution in [-0.4, -0.2) is 32.3 Å². The number of carbonyl (C=O) groups is 1. The van der Waals surface area contributed by atoms with Gasteiger partial charge in [-0.05, 0) is 86.3 Å². The number of hydrogen-bond donors (Lipinski definition) is 1. The third kappa shape index (κ3) is 4.94. The standard InChI is InChI=1S/C28H39N3O2/c1-18(2)13-19-14-23(15-19)28-30-29-27(31(28)24-9-10-24)22(11-12-32)17-25(33)16-21-7-3-5-20-6-4-8-26(20)21/h3,5,7,18-19,22-24,32H,4,6,8-17H2,1-2H3/t19?,22-,23?/m0/s1. The van der Waals surface area contributed by atoms with Gasteiger partial charge in [-0.1, -0.05) is 32.0 Å². The van der Waals surface area contributed by atoms with E-state index in [0.29, 0.717) is 31.2 Å². The topological polar surface area (TPSA) is 68.0 Å². The molecule has 3 aliphatic carbocycles. The lowest BCUT2D eigenvalue weighted by atomic mass is 9.71. The molecular formula is C28H39N3O2. The van der Waals surface area contributed by atoms with Gasteiger partial charge in [0.15, 0.2) is 0 Å². The summed E-state index contributed by atoms with van der Waals surface area (Å²) in [6.45, 7) is 4.68. The summed E-state index contributed by atoms with van der Waals surface area (Å²) in [4.78, 5) is 13.2. The number of ketones is 1. The summed E-state index contributed by atoms with van der Waals surface area (Å²) in [6.07, 6.45) is 11.0. The number of rotatable bonds is 11. The molecule has 33 heavy (non-hydrogen) atoms. The molecule has 0 bridgehead atoms. The van der Waals surface area contributed by atoms with E-state index in [4.69, 9.17) is 0 Å². The quantitative estimate of drug-likeness (QED) is 0.505. The second-order valence-corrected chi connectivity index (χ2v) is 11.2. The lowest BCUT2D eigenvalue weighted by Crippen LogP contribution is -2.26.